The van der Waals surface area contributed by atoms with Crippen molar-refractivity contribution < 1.29 is 43.2 Å². The monoisotopic (exact) mass is 571 g/mol. The molecular formula is C31H41NO9. The smallest absolute Gasteiger partial charge is 0.480 e. The van der Waals surface area contributed by atoms with Crippen LogP contribution in [0.3, 0.4) is 0 Å². The number of ether oxygens (including phenoxy) is 4. The van der Waals surface area contributed by atoms with E-state index in [1.54, 1.807) is 57.2 Å². The van der Waals surface area contributed by atoms with Crippen molar-refractivity contribution in [3.05, 3.63) is 54.1 Å². The van der Waals surface area contributed by atoms with Gasteiger partial charge < -0.3 is 29.4 Å². The summed E-state index contributed by atoms with van der Waals surface area (Å²) in [5, 5.41) is 12.7. The maximum Gasteiger partial charge on any atom is 0.514 e. The molecule has 0 saturated carbocycles. The molecule has 2 aromatic carbocycles. The van der Waals surface area contributed by atoms with Gasteiger partial charge in [0.25, 0.3) is 0 Å². The minimum atomic E-state index is -1.13. The number of hydrogen-bond acceptors (Lipinski definition) is 9. The number of rotatable bonds is 14. The van der Waals surface area contributed by atoms with Gasteiger partial charge in [0.1, 0.15) is 17.9 Å². The summed E-state index contributed by atoms with van der Waals surface area (Å²) in [6, 6.07) is 12.0. The molecule has 3 unspecified atom stereocenters. The first-order chi connectivity index (χ1) is 19.3. The van der Waals surface area contributed by atoms with Crippen molar-refractivity contribution >= 4 is 24.1 Å². The number of carboxylic acids is 1. The average molecular weight is 572 g/mol. The molecular weight excluding hydrogens is 530 g/mol. The first-order valence-corrected chi connectivity index (χ1v) is 13.7. The maximum absolute atomic E-state index is 12.7. The minimum absolute atomic E-state index is 0.0113. The lowest BCUT2D eigenvalue weighted by Crippen LogP contribution is -2.42. The van der Waals surface area contributed by atoms with Crippen LogP contribution >= 0.6 is 0 Å². The van der Waals surface area contributed by atoms with E-state index in [1.807, 2.05) is 27.7 Å². The Bertz CT molecular complexity index is 1180. The van der Waals surface area contributed by atoms with Gasteiger partial charge in [-0.05, 0) is 55.0 Å². The third-order valence-corrected chi connectivity index (χ3v) is 6.80. The van der Waals surface area contributed by atoms with Crippen molar-refractivity contribution in [1.29, 1.82) is 0 Å². The summed E-state index contributed by atoms with van der Waals surface area (Å²) < 4.78 is 21.5. The quantitative estimate of drug-likeness (QED) is 0.175. The largest absolute Gasteiger partial charge is 0.514 e. The van der Waals surface area contributed by atoms with Crippen LogP contribution in [0.25, 0.3) is 0 Å². The van der Waals surface area contributed by atoms with Crippen LogP contribution < -0.4 is 19.5 Å². The Balaban J connectivity index is 2.14. The van der Waals surface area contributed by atoms with Crippen molar-refractivity contribution in [2.75, 3.05) is 6.54 Å². The second-order valence-corrected chi connectivity index (χ2v) is 10.8. The number of nitrogens with one attached hydrogen (secondary N) is 1. The van der Waals surface area contributed by atoms with Gasteiger partial charge in [-0.1, -0.05) is 65.8 Å². The van der Waals surface area contributed by atoms with Crippen LogP contribution in [0.2, 0.25) is 0 Å². The molecule has 0 radical (unpaired) electrons. The summed E-state index contributed by atoms with van der Waals surface area (Å²) in [6.45, 7) is 12.7. The lowest BCUT2D eigenvalue weighted by molar-refractivity contribution is -0.142. The third-order valence-electron chi connectivity index (χ3n) is 6.80. The molecule has 41 heavy (non-hydrogen) atoms. The Morgan fingerprint density at radius 2 is 1.32 bits per heavy atom. The van der Waals surface area contributed by atoms with Crippen LogP contribution in [0.4, 0.5) is 4.79 Å². The first-order valence-electron chi connectivity index (χ1n) is 13.7. The second-order valence-electron chi connectivity index (χ2n) is 10.8. The molecule has 10 nitrogen and oxygen atoms in total. The van der Waals surface area contributed by atoms with Crippen LogP contribution in [0.15, 0.2) is 48.5 Å². The van der Waals surface area contributed by atoms with Gasteiger partial charge >= 0.3 is 24.1 Å². The van der Waals surface area contributed by atoms with E-state index in [2.05, 4.69) is 5.32 Å². The fraction of sp³-hybridized carbons (Fsp3) is 0.484. The van der Waals surface area contributed by atoms with E-state index in [4.69, 9.17) is 18.9 Å². The van der Waals surface area contributed by atoms with E-state index in [1.165, 1.54) is 12.1 Å². The van der Waals surface area contributed by atoms with Gasteiger partial charge in [0.2, 0.25) is 0 Å². The number of carbonyl (C=O) groups is 4. The van der Waals surface area contributed by atoms with Crippen molar-refractivity contribution in [2.45, 2.75) is 67.0 Å². The summed E-state index contributed by atoms with van der Waals surface area (Å²) in [5.74, 6) is -2.38. The zero-order valence-corrected chi connectivity index (χ0v) is 24.7. The topological polar surface area (TPSA) is 137 Å². The Labute approximate surface area is 241 Å². The molecule has 0 spiro atoms. The summed E-state index contributed by atoms with van der Waals surface area (Å²) in [4.78, 5) is 49.4. The molecule has 0 aliphatic heterocycles. The Hall–Kier alpha value is -3.92. The summed E-state index contributed by atoms with van der Waals surface area (Å²) in [7, 11) is 0. The minimum Gasteiger partial charge on any atom is -0.480 e. The van der Waals surface area contributed by atoms with E-state index in [0.717, 1.165) is 0 Å². The molecule has 0 fully saturated rings. The Morgan fingerprint density at radius 3 is 1.85 bits per heavy atom. The molecule has 0 bridgehead atoms. The van der Waals surface area contributed by atoms with E-state index >= 15 is 0 Å². The maximum atomic E-state index is 12.7. The van der Waals surface area contributed by atoms with Crippen LogP contribution in [-0.2, 0) is 25.5 Å². The predicted octanol–water partition coefficient (Wildman–Crippen LogP) is 5.27. The number of esters is 2. The normalized spacial score (nSPS) is 14.1. The molecule has 0 aromatic heterocycles. The zero-order valence-electron chi connectivity index (χ0n) is 24.7. The fourth-order valence-electron chi connectivity index (χ4n) is 3.40. The molecule has 10 heteroatoms. The number of carbonyl (C=O) groups excluding carboxylic acids is 3. The molecule has 4 atom stereocenters. The van der Waals surface area contributed by atoms with Crippen LogP contribution in [0, 0.1) is 23.7 Å². The van der Waals surface area contributed by atoms with E-state index in [9.17, 15) is 24.3 Å². The molecule has 2 rings (SSSR count). The van der Waals surface area contributed by atoms with Gasteiger partial charge in [-0.2, -0.15) is 0 Å². The summed E-state index contributed by atoms with van der Waals surface area (Å²) in [6.07, 6.45) is -1.58. The van der Waals surface area contributed by atoms with Crippen LogP contribution in [0.1, 0.15) is 54.0 Å². The third kappa shape index (κ3) is 10.9. The van der Waals surface area contributed by atoms with Gasteiger partial charge in [-0.15, -0.1) is 0 Å². The highest BCUT2D eigenvalue weighted by Gasteiger charge is 2.26. The van der Waals surface area contributed by atoms with Crippen molar-refractivity contribution in [3.63, 3.8) is 0 Å². The standard InChI is InChI=1S/C31H41NO9/c1-18(2)21(6)29(35)40-26-14-13-23(16-27(26)41-30(36)22(7)19(3)4)15-25(28(33)34)32-17-20(5)38-31(37)39-24-11-9-8-10-12-24/h8-14,16,18-22,25,32H,15,17H2,1-7H3,(H,33,34)/t20?,21?,22?,25-/m0/s1. The molecule has 0 saturated heterocycles. The molecule has 224 valence electrons. The van der Waals surface area contributed by atoms with E-state index in [0.29, 0.717) is 11.3 Å². The number of benzene rings is 2. The fourth-order valence-corrected chi connectivity index (χ4v) is 3.40. The number of para-hydroxylation sites is 1. The second kappa shape index (κ2) is 15.8. The SMILES string of the molecule is CC(CN[C@@H](Cc1ccc(OC(=O)C(C)C(C)C)c(OC(=O)C(C)C(C)C)c1)C(=O)O)OC(=O)Oc1ccccc1. The van der Waals surface area contributed by atoms with Gasteiger partial charge in [0.15, 0.2) is 11.5 Å². The van der Waals surface area contributed by atoms with Crippen LogP contribution in [-0.4, -0.2) is 47.9 Å². The van der Waals surface area contributed by atoms with Crippen molar-refractivity contribution in [3.8, 4) is 17.2 Å². The van der Waals surface area contributed by atoms with Gasteiger partial charge in [0.05, 0.1) is 11.8 Å². The molecule has 0 amide bonds. The highest BCUT2D eigenvalue weighted by atomic mass is 16.7. The lowest BCUT2D eigenvalue weighted by Gasteiger charge is -2.20. The van der Waals surface area contributed by atoms with E-state index in [-0.39, 0.29) is 42.2 Å². The molecule has 2 aromatic rings. The van der Waals surface area contributed by atoms with Gasteiger partial charge in [-0.25, -0.2) is 4.79 Å². The molecule has 0 heterocycles. The lowest BCUT2D eigenvalue weighted by atomic mass is 9.98. The van der Waals surface area contributed by atoms with Crippen LogP contribution in [0.5, 0.6) is 17.2 Å². The highest BCUT2D eigenvalue weighted by Crippen LogP contribution is 2.31. The Morgan fingerprint density at radius 1 is 0.756 bits per heavy atom. The zero-order chi connectivity index (χ0) is 30.7. The predicted molar refractivity (Wildman–Crippen MR) is 152 cm³/mol. The Kier molecular flexibility index (Phi) is 12.8. The first kappa shape index (κ1) is 33.3. The van der Waals surface area contributed by atoms with Crippen molar-refractivity contribution in [1.82, 2.24) is 5.32 Å². The summed E-state index contributed by atoms with van der Waals surface area (Å²) >= 11 is 0. The number of hydrogen-bond donors (Lipinski definition) is 2. The molecule has 0 aliphatic rings. The molecule has 2 N–H and O–H groups in total. The van der Waals surface area contributed by atoms with Gasteiger partial charge in [0, 0.05) is 6.54 Å². The average Bonchev–Trinajstić information content (AvgIpc) is 2.91. The highest BCUT2D eigenvalue weighted by molar-refractivity contribution is 5.79. The number of carboxylic acid groups (broad SMARTS) is 1. The van der Waals surface area contributed by atoms with E-state index < -0.39 is 42.1 Å². The summed E-state index contributed by atoms with van der Waals surface area (Å²) in [5.41, 5.74) is 0.527. The number of aliphatic carboxylic acids is 1. The van der Waals surface area contributed by atoms with Gasteiger partial charge in [-0.3, -0.25) is 14.4 Å². The van der Waals surface area contributed by atoms with Crippen molar-refractivity contribution in [2.24, 2.45) is 23.7 Å². The molecule has 0 aliphatic carbocycles.